The molecule has 9 heteroatoms. The molecular weight excluding hydrogens is 394 g/mol. The molecule has 1 saturated heterocycles. The fourth-order valence-electron chi connectivity index (χ4n) is 3.34. The summed E-state index contributed by atoms with van der Waals surface area (Å²) in [6.07, 6.45) is 1.62. The number of hydrogen-bond acceptors (Lipinski definition) is 5. The number of likely N-dealkylation sites (N-methyl/N-ethyl adjacent to an activating group) is 1. The number of hydrogen-bond donors (Lipinski definition) is 1. The quantitative estimate of drug-likeness (QED) is 0.658. The summed E-state index contributed by atoms with van der Waals surface area (Å²) in [6, 6.07) is 10.2. The number of ether oxygens (including phenoxy) is 1. The van der Waals surface area contributed by atoms with Gasteiger partial charge in [0.2, 0.25) is 10.0 Å². The first kappa shape index (κ1) is 21.4. The molecular formula is C20H28N3O5S+. The van der Waals surface area contributed by atoms with Gasteiger partial charge in [-0.15, -0.1) is 0 Å². The van der Waals surface area contributed by atoms with Crippen molar-refractivity contribution >= 4 is 15.9 Å². The number of carbonyl (C=O) groups is 1. The average Bonchev–Trinajstić information content (AvgIpc) is 3.21. The molecule has 2 heterocycles. The van der Waals surface area contributed by atoms with Crippen LogP contribution >= 0.6 is 0 Å². The first-order chi connectivity index (χ1) is 13.9. The van der Waals surface area contributed by atoms with Crippen molar-refractivity contribution in [2.24, 2.45) is 0 Å². The summed E-state index contributed by atoms with van der Waals surface area (Å²) in [6.45, 7) is 4.74. The van der Waals surface area contributed by atoms with Crippen LogP contribution in [0.2, 0.25) is 0 Å². The number of nitrogens with zero attached hydrogens (tertiary/aromatic N) is 2. The number of piperazine rings is 1. The van der Waals surface area contributed by atoms with Crippen LogP contribution < -0.4 is 9.64 Å². The van der Waals surface area contributed by atoms with Crippen LogP contribution in [0.25, 0.3) is 0 Å². The number of furan rings is 1. The van der Waals surface area contributed by atoms with Crippen LogP contribution in [-0.4, -0.2) is 69.9 Å². The fourth-order valence-corrected chi connectivity index (χ4v) is 4.77. The van der Waals surface area contributed by atoms with Gasteiger partial charge >= 0.3 is 0 Å². The van der Waals surface area contributed by atoms with Gasteiger partial charge in [-0.1, -0.05) is 0 Å². The SMILES string of the molecule is CCOc1ccc(S(=O)(=O)N2CCN(C(=O)C[NH+](C)Cc3ccco3)CC2)cc1. The third-order valence-electron chi connectivity index (χ3n) is 4.87. The fraction of sp³-hybridized carbons (Fsp3) is 0.450. The van der Waals surface area contributed by atoms with Crippen molar-refractivity contribution in [3.05, 3.63) is 48.4 Å². The lowest BCUT2D eigenvalue weighted by Gasteiger charge is -2.34. The van der Waals surface area contributed by atoms with E-state index in [-0.39, 0.29) is 10.8 Å². The van der Waals surface area contributed by atoms with Crippen molar-refractivity contribution in [2.45, 2.75) is 18.4 Å². The van der Waals surface area contributed by atoms with Crippen LogP contribution in [0.5, 0.6) is 5.75 Å². The summed E-state index contributed by atoms with van der Waals surface area (Å²) in [4.78, 5) is 15.5. The second kappa shape index (κ2) is 9.43. The third-order valence-corrected chi connectivity index (χ3v) is 6.79. The van der Waals surface area contributed by atoms with E-state index in [2.05, 4.69) is 0 Å². The molecule has 1 N–H and O–H groups in total. The van der Waals surface area contributed by atoms with E-state index >= 15 is 0 Å². The van der Waals surface area contributed by atoms with Crippen LogP contribution in [0.3, 0.4) is 0 Å². The summed E-state index contributed by atoms with van der Waals surface area (Å²) in [5.41, 5.74) is 0. The number of quaternary nitrogens is 1. The normalized spacial score (nSPS) is 16.6. The lowest BCUT2D eigenvalue weighted by Crippen LogP contribution is -3.08. The summed E-state index contributed by atoms with van der Waals surface area (Å²) >= 11 is 0. The van der Waals surface area contributed by atoms with E-state index in [4.69, 9.17) is 9.15 Å². The Morgan fingerprint density at radius 3 is 2.41 bits per heavy atom. The van der Waals surface area contributed by atoms with Gasteiger partial charge in [-0.25, -0.2) is 8.42 Å². The minimum Gasteiger partial charge on any atom is -0.494 e. The Morgan fingerprint density at radius 1 is 1.14 bits per heavy atom. The van der Waals surface area contributed by atoms with Crippen LogP contribution in [0, 0.1) is 0 Å². The third kappa shape index (κ3) is 5.37. The molecule has 0 saturated carbocycles. The number of sulfonamides is 1. The van der Waals surface area contributed by atoms with E-state index in [1.54, 1.807) is 35.4 Å². The van der Waals surface area contributed by atoms with Crippen LogP contribution in [0.15, 0.2) is 52.0 Å². The summed E-state index contributed by atoms with van der Waals surface area (Å²) < 4.78 is 37.8. The molecule has 0 spiro atoms. The van der Waals surface area contributed by atoms with Crippen molar-refractivity contribution < 1.29 is 27.3 Å². The maximum atomic E-state index is 12.9. The Hall–Kier alpha value is -2.36. The standard InChI is InChI=1S/C20H27N3O5S/c1-3-27-17-6-8-19(9-7-17)29(25,26)23-12-10-22(11-13-23)20(24)16-21(2)15-18-5-4-14-28-18/h4-9,14H,3,10-13,15-16H2,1-2H3/p+1. The second-order valence-corrected chi connectivity index (χ2v) is 9.02. The topological polar surface area (TPSA) is 84.5 Å². The van der Waals surface area contributed by atoms with Crippen molar-refractivity contribution in [3.63, 3.8) is 0 Å². The van der Waals surface area contributed by atoms with Crippen molar-refractivity contribution in [1.29, 1.82) is 0 Å². The molecule has 1 atom stereocenters. The number of amides is 1. The molecule has 1 fully saturated rings. The maximum Gasteiger partial charge on any atom is 0.277 e. The van der Waals surface area contributed by atoms with Gasteiger partial charge < -0.3 is 19.0 Å². The van der Waals surface area contributed by atoms with E-state index in [9.17, 15) is 13.2 Å². The van der Waals surface area contributed by atoms with Gasteiger partial charge in [0.25, 0.3) is 5.91 Å². The molecule has 29 heavy (non-hydrogen) atoms. The Labute approximate surface area is 171 Å². The molecule has 2 aromatic rings. The van der Waals surface area contributed by atoms with Gasteiger partial charge in [0, 0.05) is 26.2 Å². The molecule has 8 nitrogen and oxygen atoms in total. The van der Waals surface area contributed by atoms with Gasteiger partial charge in [0.05, 0.1) is 24.8 Å². The van der Waals surface area contributed by atoms with E-state index in [0.717, 1.165) is 10.7 Å². The number of rotatable bonds is 8. The molecule has 0 bridgehead atoms. The molecule has 0 aliphatic carbocycles. The highest BCUT2D eigenvalue weighted by Crippen LogP contribution is 2.20. The summed E-state index contributed by atoms with van der Waals surface area (Å²) in [5, 5.41) is 0. The number of carbonyl (C=O) groups excluding carboxylic acids is 1. The number of benzene rings is 1. The minimum absolute atomic E-state index is 0.0205. The highest BCUT2D eigenvalue weighted by molar-refractivity contribution is 7.89. The van der Waals surface area contributed by atoms with Crippen LogP contribution in [0.4, 0.5) is 0 Å². The number of nitrogens with one attached hydrogen (secondary N) is 1. The first-order valence-corrected chi connectivity index (χ1v) is 11.2. The Kier molecular flexibility index (Phi) is 6.94. The monoisotopic (exact) mass is 422 g/mol. The van der Waals surface area contributed by atoms with Gasteiger partial charge in [-0.05, 0) is 43.3 Å². The maximum absolute atomic E-state index is 12.9. The molecule has 1 aliphatic heterocycles. The molecule has 1 aromatic heterocycles. The van der Waals surface area contributed by atoms with Gasteiger partial charge in [-0.2, -0.15) is 4.31 Å². The summed E-state index contributed by atoms with van der Waals surface area (Å²) in [5.74, 6) is 1.50. The smallest absolute Gasteiger partial charge is 0.277 e. The molecule has 1 unspecified atom stereocenters. The second-order valence-electron chi connectivity index (χ2n) is 7.08. The zero-order chi connectivity index (χ0) is 20.9. The Morgan fingerprint density at radius 2 is 1.83 bits per heavy atom. The van der Waals surface area contributed by atoms with Crippen molar-refractivity contribution in [2.75, 3.05) is 46.4 Å². The van der Waals surface area contributed by atoms with Gasteiger partial charge in [0.15, 0.2) is 12.3 Å². The van der Waals surface area contributed by atoms with E-state index in [1.165, 1.54) is 4.31 Å². The highest BCUT2D eigenvalue weighted by atomic mass is 32.2. The first-order valence-electron chi connectivity index (χ1n) is 9.74. The lowest BCUT2D eigenvalue weighted by molar-refractivity contribution is -0.886. The van der Waals surface area contributed by atoms with Gasteiger partial charge in [0.1, 0.15) is 12.3 Å². The Bertz CT molecular complexity index is 889. The van der Waals surface area contributed by atoms with Gasteiger partial charge in [-0.3, -0.25) is 4.79 Å². The predicted octanol–water partition coefficient (Wildman–Crippen LogP) is 0.226. The molecule has 0 radical (unpaired) electrons. The van der Waals surface area contributed by atoms with Crippen molar-refractivity contribution in [1.82, 2.24) is 9.21 Å². The molecule has 158 valence electrons. The largest absolute Gasteiger partial charge is 0.494 e. The van der Waals surface area contributed by atoms with E-state index in [0.29, 0.717) is 51.6 Å². The average molecular weight is 423 g/mol. The zero-order valence-electron chi connectivity index (χ0n) is 16.8. The minimum atomic E-state index is -3.58. The van der Waals surface area contributed by atoms with E-state index in [1.807, 2.05) is 26.1 Å². The molecule has 3 rings (SSSR count). The highest BCUT2D eigenvalue weighted by Gasteiger charge is 2.31. The molecule has 1 amide bonds. The van der Waals surface area contributed by atoms with Crippen LogP contribution in [0.1, 0.15) is 12.7 Å². The lowest BCUT2D eigenvalue weighted by atomic mass is 10.3. The van der Waals surface area contributed by atoms with E-state index < -0.39 is 10.0 Å². The summed E-state index contributed by atoms with van der Waals surface area (Å²) in [7, 11) is -1.64. The van der Waals surface area contributed by atoms with Crippen LogP contribution in [-0.2, 0) is 21.4 Å². The molecule has 1 aromatic carbocycles. The predicted molar refractivity (Wildman–Crippen MR) is 107 cm³/mol. The molecule has 1 aliphatic rings. The zero-order valence-corrected chi connectivity index (χ0v) is 17.7. The Balaban J connectivity index is 1.53. The van der Waals surface area contributed by atoms with Crippen molar-refractivity contribution in [3.8, 4) is 5.75 Å².